The summed E-state index contributed by atoms with van der Waals surface area (Å²) >= 11 is 0. The lowest BCUT2D eigenvalue weighted by Gasteiger charge is -2.16. The number of aromatic nitrogens is 4. The van der Waals surface area contributed by atoms with Gasteiger partial charge in [0.15, 0.2) is 0 Å². The molecule has 0 radical (unpaired) electrons. The standard InChI is InChI=1S/C20H19N5O3/c1-25(10-17-21-14-7-3-2-6-13(14)20(27)24-17)19(26)12-28-11-18-22-15-8-4-5-9-16(15)23-18/h2-9H,10-12H2,1H3,(H,22,23)(H,21,24,27). The molecule has 1 amide bonds. The van der Waals surface area contributed by atoms with E-state index >= 15 is 0 Å². The first-order chi connectivity index (χ1) is 13.6. The van der Waals surface area contributed by atoms with E-state index in [1.165, 1.54) is 4.90 Å². The monoisotopic (exact) mass is 377 g/mol. The molecule has 2 heterocycles. The zero-order valence-electron chi connectivity index (χ0n) is 15.3. The Morgan fingerprint density at radius 1 is 1.00 bits per heavy atom. The van der Waals surface area contributed by atoms with Gasteiger partial charge in [-0.1, -0.05) is 24.3 Å². The second kappa shape index (κ2) is 7.61. The number of carbonyl (C=O) groups is 1. The maximum absolute atomic E-state index is 12.3. The van der Waals surface area contributed by atoms with Crippen LogP contribution in [0.1, 0.15) is 11.6 Å². The maximum Gasteiger partial charge on any atom is 0.258 e. The second-order valence-electron chi connectivity index (χ2n) is 6.47. The van der Waals surface area contributed by atoms with Gasteiger partial charge in [0, 0.05) is 7.05 Å². The number of nitrogens with zero attached hydrogens (tertiary/aromatic N) is 3. The summed E-state index contributed by atoms with van der Waals surface area (Å²) in [6, 6.07) is 14.8. The van der Waals surface area contributed by atoms with Gasteiger partial charge in [-0.15, -0.1) is 0 Å². The molecule has 2 aromatic heterocycles. The van der Waals surface area contributed by atoms with Crippen molar-refractivity contribution < 1.29 is 9.53 Å². The van der Waals surface area contributed by atoms with Crippen molar-refractivity contribution >= 4 is 27.8 Å². The van der Waals surface area contributed by atoms with Gasteiger partial charge in [-0.2, -0.15) is 0 Å². The summed E-state index contributed by atoms with van der Waals surface area (Å²) in [7, 11) is 1.64. The van der Waals surface area contributed by atoms with Crippen LogP contribution in [0.3, 0.4) is 0 Å². The number of rotatable bonds is 6. The lowest BCUT2D eigenvalue weighted by atomic mass is 10.2. The summed E-state index contributed by atoms with van der Waals surface area (Å²) in [4.78, 5) is 40.6. The number of hydrogen-bond acceptors (Lipinski definition) is 5. The molecule has 0 aliphatic heterocycles. The molecule has 0 saturated carbocycles. The number of benzene rings is 2. The van der Waals surface area contributed by atoms with Crippen LogP contribution in [0, 0.1) is 0 Å². The first kappa shape index (κ1) is 17.9. The highest BCUT2D eigenvalue weighted by molar-refractivity contribution is 5.78. The Hall–Kier alpha value is -3.52. The Balaban J connectivity index is 1.35. The van der Waals surface area contributed by atoms with Crippen LogP contribution in [0.5, 0.6) is 0 Å². The molecule has 4 aromatic rings. The van der Waals surface area contributed by atoms with Gasteiger partial charge in [0.1, 0.15) is 24.9 Å². The second-order valence-corrected chi connectivity index (χ2v) is 6.47. The Kier molecular flexibility index (Phi) is 4.86. The highest BCUT2D eigenvalue weighted by atomic mass is 16.5. The molecule has 8 nitrogen and oxygen atoms in total. The molecule has 0 aliphatic rings. The first-order valence-electron chi connectivity index (χ1n) is 8.83. The van der Waals surface area contributed by atoms with Crippen LogP contribution in [0.2, 0.25) is 0 Å². The molecule has 4 rings (SSSR count). The molecule has 0 aliphatic carbocycles. The highest BCUT2D eigenvalue weighted by Gasteiger charge is 2.12. The quantitative estimate of drug-likeness (QED) is 0.535. The molecule has 0 spiro atoms. The minimum atomic E-state index is -0.220. The molecule has 28 heavy (non-hydrogen) atoms. The van der Waals surface area contributed by atoms with E-state index in [1.807, 2.05) is 30.3 Å². The van der Waals surface area contributed by atoms with Crippen molar-refractivity contribution in [3.05, 3.63) is 70.5 Å². The summed E-state index contributed by atoms with van der Waals surface area (Å²) in [6.45, 7) is 0.303. The lowest BCUT2D eigenvalue weighted by Crippen LogP contribution is -2.31. The number of ether oxygens (including phenoxy) is 1. The molecular formula is C20H19N5O3. The van der Waals surface area contributed by atoms with E-state index in [0.717, 1.165) is 11.0 Å². The van der Waals surface area contributed by atoms with Crippen molar-refractivity contribution in [3.63, 3.8) is 0 Å². The summed E-state index contributed by atoms with van der Waals surface area (Å²) in [5, 5.41) is 0.523. The number of amides is 1. The molecule has 0 saturated heterocycles. The minimum absolute atomic E-state index is 0.0919. The topological polar surface area (TPSA) is 104 Å². The predicted octanol–water partition coefficient (Wildman–Crippen LogP) is 1.97. The smallest absolute Gasteiger partial charge is 0.258 e. The summed E-state index contributed by atoms with van der Waals surface area (Å²) < 4.78 is 5.49. The number of fused-ring (bicyclic) bond motifs is 2. The van der Waals surface area contributed by atoms with Crippen molar-refractivity contribution in [2.75, 3.05) is 13.7 Å². The molecule has 0 unspecified atom stereocenters. The fourth-order valence-electron chi connectivity index (χ4n) is 2.94. The SMILES string of the molecule is CN(Cc1nc2ccccc2c(=O)[nH]1)C(=O)COCc1nc2ccccc2[nH]1. The van der Waals surface area contributed by atoms with Gasteiger partial charge in [0.2, 0.25) is 5.91 Å². The Morgan fingerprint density at radius 3 is 2.54 bits per heavy atom. The van der Waals surface area contributed by atoms with Crippen molar-refractivity contribution in [3.8, 4) is 0 Å². The van der Waals surface area contributed by atoms with Gasteiger partial charge in [-0.3, -0.25) is 9.59 Å². The Bertz CT molecular complexity index is 1160. The van der Waals surface area contributed by atoms with Crippen LogP contribution in [0.25, 0.3) is 21.9 Å². The Morgan fingerprint density at radius 2 is 1.71 bits per heavy atom. The molecular weight excluding hydrogens is 358 g/mol. The molecule has 2 N–H and O–H groups in total. The van der Waals surface area contributed by atoms with E-state index in [4.69, 9.17) is 4.74 Å². The lowest BCUT2D eigenvalue weighted by molar-refractivity contribution is -0.135. The number of H-pyrrole nitrogens is 2. The zero-order valence-corrected chi connectivity index (χ0v) is 15.3. The number of nitrogens with one attached hydrogen (secondary N) is 2. The van der Waals surface area contributed by atoms with Crippen LogP contribution < -0.4 is 5.56 Å². The summed E-state index contributed by atoms with van der Waals surface area (Å²) in [5.41, 5.74) is 2.16. The molecule has 0 fully saturated rings. The van der Waals surface area contributed by atoms with Gasteiger partial charge in [0.25, 0.3) is 5.56 Å². The molecule has 0 bridgehead atoms. The van der Waals surface area contributed by atoms with Crippen LogP contribution in [0.15, 0.2) is 53.3 Å². The van der Waals surface area contributed by atoms with E-state index in [1.54, 1.807) is 25.2 Å². The normalized spacial score (nSPS) is 11.2. The highest BCUT2D eigenvalue weighted by Crippen LogP contribution is 2.11. The van der Waals surface area contributed by atoms with Crippen molar-refractivity contribution in [1.29, 1.82) is 0 Å². The van der Waals surface area contributed by atoms with Gasteiger partial charge in [-0.05, 0) is 24.3 Å². The predicted molar refractivity (Wildman–Crippen MR) is 105 cm³/mol. The van der Waals surface area contributed by atoms with Gasteiger partial charge in [-0.25, -0.2) is 9.97 Å². The van der Waals surface area contributed by atoms with Crippen LogP contribution in [-0.2, 0) is 22.7 Å². The number of para-hydroxylation sites is 3. The van der Waals surface area contributed by atoms with Gasteiger partial charge < -0.3 is 19.6 Å². The average molecular weight is 377 g/mol. The number of aromatic amines is 2. The zero-order chi connectivity index (χ0) is 19.5. The number of imidazole rings is 1. The molecule has 8 heteroatoms. The van der Waals surface area contributed by atoms with E-state index in [9.17, 15) is 9.59 Å². The third-order valence-corrected chi connectivity index (χ3v) is 4.38. The molecule has 2 aromatic carbocycles. The fourth-order valence-corrected chi connectivity index (χ4v) is 2.94. The summed E-state index contributed by atoms with van der Waals surface area (Å²) in [5.74, 6) is 0.876. The van der Waals surface area contributed by atoms with E-state index in [2.05, 4.69) is 19.9 Å². The third-order valence-electron chi connectivity index (χ3n) is 4.38. The number of likely N-dealkylation sites (N-methyl/N-ethyl adjacent to an activating group) is 1. The van der Waals surface area contributed by atoms with Crippen molar-refractivity contribution in [1.82, 2.24) is 24.8 Å². The van der Waals surface area contributed by atoms with Crippen LogP contribution >= 0.6 is 0 Å². The number of carbonyl (C=O) groups excluding carboxylic acids is 1. The van der Waals surface area contributed by atoms with Crippen molar-refractivity contribution in [2.45, 2.75) is 13.2 Å². The third kappa shape index (κ3) is 3.77. The summed E-state index contributed by atoms with van der Waals surface area (Å²) in [6.07, 6.45) is 0. The van der Waals surface area contributed by atoms with E-state index in [-0.39, 0.29) is 31.2 Å². The molecule has 0 atom stereocenters. The van der Waals surface area contributed by atoms with Gasteiger partial charge >= 0.3 is 0 Å². The van der Waals surface area contributed by atoms with Gasteiger partial charge in [0.05, 0.1) is 28.5 Å². The molecule has 142 valence electrons. The number of hydrogen-bond donors (Lipinski definition) is 2. The van der Waals surface area contributed by atoms with E-state index in [0.29, 0.717) is 22.6 Å². The Labute approximate surface area is 160 Å². The average Bonchev–Trinajstić information content (AvgIpc) is 3.10. The van der Waals surface area contributed by atoms with Crippen molar-refractivity contribution in [2.24, 2.45) is 0 Å². The fraction of sp³-hybridized carbons (Fsp3) is 0.200. The van der Waals surface area contributed by atoms with Crippen LogP contribution in [-0.4, -0.2) is 44.4 Å². The largest absolute Gasteiger partial charge is 0.364 e. The van der Waals surface area contributed by atoms with E-state index < -0.39 is 0 Å². The first-order valence-corrected chi connectivity index (χ1v) is 8.83. The van der Waals surface area contributed by atoms with Crippen LogP contribution in [0.4, 0.5) is 0 Å². The minimum Gasteiger partial charge on any atom is -0.364 e. The maximum atomic E-state index is 12.3.